The summed E-state index contributed by atoms with van der Waals surface area (Å²) in [6, 6.07) is 9.03. The number of hydrogen-bond acceptors (Lipinski definition) is 7. The molecule has 0 spiro atoms. The number of hydrogen-bond donors (Lipinski definition) is 0. The van der Waals surface area contributed by atoms with Gasteiger partial charge in [0.1, 0.15) is 9.81 Å². The number of rotatable bonds is 3. The first-order valence-corrected chi connectivity index (χ1v) is 7.70. The molecule has 0 aliphatic carbocycles. The molecule has 22 heavy (non-hydrogen) atoms. The number of methoxy groups -OCH3 is 2. The fourth-order valence-corrected chi connectivity index (χ4v) is 4.01. The van der Waals surface area contributed by atoms with Gasteiger partial charge < -0.3 is 9.47 Å². The van der Waals surface area contributed by atoms with Crippen molar-refractivity contribution in [1.82, 2.24) is 0 Å². The summed E-state index contributed by atoms with van der Waals surface area (Å²) in [7, 11) is 2.52. The maximum atomic E-state index is 11.7. The molecule has 0 radical (unpaired) electrons. The van der Waals surface area contributed by atoms with E-state index in [0.29, 0.717) is 5.56 Å². The molecule has 0 saturated heterocycles. The van der Waals surface area contributed by atoms with Gasteiger partial charge in [0, 0.05) is 0 Å². The molecular weight excluding hydrogens is 322 g/mol. The van der Waals surface area contributed by atoms with Crippen molar-refractivity contribution in [1.29, 1.82) is 5.26 Å². The third-order valence-corrected chi connectivity index (χ3v) is 5.09. The zero-order chi connectivity index (χ0) is 16.1. The molecule has 0 bridgehead atoms. The van der Waals surface area contributed by atoms with Crippen molar-refractivity contribution in [3.05, 3.63) is 49.4 Å². The maximum absolute atomic E-state index is 11.7. The van der Waals surface area contributed by atoms with Crippen LogP contribution < -0.4 is 0 Å². The first kappa shape index (κ1) is 16.2. The van der Waals surface area contributed by atoms with Crippen LogP contribution >= 0.6 is 23.5 Å². The van der Waals surface area contributed by atoms with Gasteiger partial charge in [-0.05, 0) is 23.8 Å². The Bertz CT molecular complexity index is 684. The Morgan fingerprint density at radius 3 is 1.95 bits per heavy atom. The molecule has 2 rings (SSSR count). The summed E-state index contributed by atoms with van der Waals surface area (Å²) in [4.78, 5) is 23.9. The topological polar surface area (TPSA) is 76.4 Å². The minimum absolute atomic E-state index is 0.222. The monoisotopic (exact) mass is 333 g/mol. The van der Waals surface area contributed by atoms with Gasteiger partial charge in [0.15, 0.2) is 0 Å². The van der Waals surface area contributed by atoms with Crippen molar-refractivity contribution in [3.8, 4) is 6.07 Å². The van der Waals surface area contributed by atoms with Gasteiger partial charge in [0.05, 0.1) is 30.1 Å². The van der Waals surface area contributed by atoms with Crippen LogP contribution in [0.2, 0.25) is 0 Å². The summed E-state index contributed by atoms with van der Waals surface area (Å²) in [6.07, 6.45) is 1.83. The Morgan fingerprint density at radius 2 is 1.55 bits per heavy atom. The van der Waals surface area contributed by atoms with Gasteiger partial charge in [0.2, 0.25) is 0 Å². The van der Waals surface area contributed by atoms with Gasteiger partial charge in [-0.25, -0.2) is 9.59 Å². The van der Waals surface area contributed by atoms with E-state index in [1.165, 1.54) is 14.2 Å². The van der Waals surface area contributed by atoms with E-state index in [4.69, 9.17) is 5.26 Å². The normalized spacial score (nSPS) is 13.6. The lowest BCUT2D eigenvalue weighted by atomic mass is 10.1. The van der Waals surface area contributed by atoms with E-state index < -0.39 is 11.9 Å². The molecule has 0 amide bonds. The molecule has 0 unspecified atom stereocenters. The Kier molecular flexibility index (Phi) is 5.31. The summed E-state index contributed by atoms with van der Waals surface area (Å²) in [5.41, 5.74) is 1.43. The van der Waals surface area contributed by atoms with Crippen LogP contribution in [0, 0.1) is 11.3 Å². The summed E-state index contributed by atoms with van der Waals surface area (Å²) in [5, 5.41) is 8.78. The predicted molar refractivity (Wildman–Crippen MR) is 85.4 cm³/mol. The number of ether oxygens (including phenoxy) is 2. The van der Waals surface area contributed by atoms with E-state index in [0.717, 1.165) is 33.3 Å². The van der Waals surface area contributed by atoms with Gasteiger partial charge in [0.25, 0.3) is 0 Å². The molecular formula is C15H11NO4S2. The van der Waals surface area contributed by atoms with E-state index in [1.807, 2.05) is 12.1 Å². The Labute approximate surface area is 136 Å². The van der Waals surface area contributed by atoms with Crippen molar-refractivity contribution >= 4 is 41.5 Å². The molecule has 1 aliphatic heterocycles. The van der Waals surface area contributed by atoms with E-state index in [1.54, 1.807) is 24.3 Å². The first-order chi connectivity index (χ1) is 10.6. The predicted octanol–water partition coefficient (Wildman–Crippen LogP) is 2.89. The fourth-order valence-electron chi connectivity index (χ4n) is 1.62. The highest BCUT2D eigenvalue weighted by atomic mass is 32.2. The molecule has 1 heterocycles. The van der Waals surface area contributed by atoms with Crippen molar-refractivity contribution < 1.29 is 19.1 Å². The quantitative estimate of drug-likeness (QED) is 0.787. The fraction of sp³-hybridized carbons (Fsp3) is 0.133. The van der Waals surface area contributed by atoms with E-state index >= 15 is 0 Å². The highest BCUT2D eigenvalue weighted by Gasteiger charge is 2.32. The van der Waals surface area contributed by atoms with Gasteiger partial charge in [-0.3, -0.25) is 0 Å². The third-order valence-electron chi connectivity index (χ3n) is 2.68. The minimum atomic E-state index is -0.568. The van der Waals surface area contributed by atoms with Crippen molar-refractivity contribution in [3.63, 3.8) is 0 Å². The molecule has 0 fully saturated rings. The number of thioether (sulfide) groups is 2. The van der Waals surface area contributed by atoms with Gasteiger partial charge in [-0.2, -0.15) is 5.26 Å². The van der Waals surface area contributed by atoms with Crippen LogP contribution in [0.15, 0.2) is 38.3 Å². The highest BCUT2D eigenvalue weighted by Crippen LogP contribution is 2.50. The Hall–Kier alpha value is -2.17. The SMILES string of the molecule is COC(=O)C1=C(C(=O)OC)SC(=Cc2ccc(C#N)cc2)S1. The largest absolute Gasteiger partial charge is 0.465 e. The van der Waals surface area contributed by atoms with E-state index in [2.05, 4.69) is 9.47 Å². The van der Waals surface area contributed by atoms with Gasteiger partial charge in [-0.1, -0.05) is 35.7 Å². The molecule has 112 valence electrons. The van der Waals surface area contributed by atoms with Crippen LogP contribution in [-0.4, -0.2) is 26.2 Å². The molecule has 0 N–H and O–H groups in total. The second-order valence-electron chi connectivity index (χ2n) is 4.04. The summed E-state index contributed by atoms with van der Waals surface area (Å²) in [5.74, 6) is -1.14. The third kappa shape index (κ3) is 3.53. The first-order valence-electron chi connectivity index (χ1n) is 6.07. The number of esters is 2. The summed E-state index contributed by atoms with van der Waals surface area (Å²) >= 11 is 2.33. The van der Waals surface area contributed by atoms with Crippen LogP contribution in [0.1, 0.15) is 11.1 Å². The Morgan fingerprint density at radius 1 is 1.05 bits per heavy atom. The molecule has 1 aromatic rings. The molecule has 0 atom stereocenters. The lowest BCUT2D eigenvalue weighted by molar-refractivity contribution is -0.138. The molecule has 7 heteroatoms. The van der Waals surface area contributed by atoms with Gasteiger partial charge >= 0.3 is 11.9 Å². The number of nitrogens with zero attached hydrogens (tertiary/aromatic N) is 1. The number of carbonyl (C=O) groups is 2. The van der Waals surface area contributed by atoms with Crippen LogP contribution in [0.5, 0.6) is 0 Å². The summed E-state index contributed by atoms with van der Waals surface area (Å²) < 4.78 is 10.1. The highest BCUT2D eigenvalue weighted by molar-refractivity contribution is 8.29. The van der Waals surface area contributed by atoms with E-state index in [9.17, 15) is 9.59 Å². The van der Waals surface area contributed by atoms with Gasteiger partial charge in [-0.15, -0.1) is 0 Å². The molecule has 0 aromatic heterocycles. The number of nitriles is 1. The molecule has 1 aromatic carbocycles. The lowest BCUT2D eigenvalue weighted by Crippen LogP contribution is -2.08. The Balaban J connectivity index is 2.26. The number of benzene rings is 1. The van der Waals surface area contributed by atoms with Crippen LogP contribution in [0.25, 0.3) is 6.08 Å². The van der Waals surface area contributed by atoms with Crippen molar-refractivity contribution in [2.24, 2.45) is 0 Å². The maximum Gasteiger partial charge on any atom is 0.346 e. The van der Waals surface area contributed by atoms with Crippen LogP contribution in [0.4, 0.5) is 0 Å². The van der Waals surface area contributed by atoms with Crippen LogP contribution in [-0.2, 0) is 19.1 Å². The molecule has 1 aliphatic rings. The van der Waals surface area contributed by atoms with E-state index in [-0.39, 0.29) is 9.81 Å². The smallest absolute Gasteiger partial charge is 0.346 e. The standard InChI is InChI=1S/C15H11NO4S2/c1-19-14(17)12-13(15(18)20-2)22-11(21-12)7-9-3-5-10(8-16)6-4-9/h3-7H,1-2H3. The van der Waals surface area contributed by atoms with Crippen molar-refractivity contribution in [2.45, 2.75) is 0 Å². The van der Waals surface area contributed by atoms with Crippen molar-refractivity contribution in [2.75, 3.05) is 14.2 Å². The second kappa shape index (κ2) is 7.20. The molecule has 5 nitrogen and oxygen atoms in total. The van der Waals surface area contributed by atoms with Crippen LogP contribution in [0.3, 0.4) is 0 Å². The lowest BCUT2D eigenvalue weighted by Gasteiger charge is -2.00. The number of carbonyl (C=O) groups excluding carboxylic acids is 2. The average molecular weight is 333 g/mol. The minimum Gasteiger partial charge on any atom is -0.465 e. The zero-order valence-electron chi connectivity index (χ0n) is 11.8. The molecule has 0 saturated carbocycles. The summed E-state index contributed by atoms with van der Waals surface area (Å²) in [6.45, 7) is 0. The second-order valence-corrected chi connectivity index (χ2v) is 6.41. The average Bonchev–Trinajstić information content (AvgIpc) is 2.98. The zero-order valence-corrected chi connectivity index (χ0v) is 13.4.